The molecule has 0 amide bonds. The molecule has 3 heteroatoms. The molecule has 0 bridgehead atoms. The van der Waals surface area contributed by atoms with Gasteiger partial charge < -0.3 is 29.1 Å². The number of rotatable bonds is 6. The molecule has 0 saturated heterocycles. The first-order valence-corrected chi connectivity index (χ1v) is 10.4. The normalized spacial score (nSPS) is 12.2. The zero-order valence-corrected chi connectivity index (χ0v) is 17.5. The van der Waals surface area contributed by atoms with Crippen molar-refractivity contribution in [1.82, 2.24) is 0 Å². The molecule has 1 unspecified atom stereocenters. The largest absolute Gasteiger partial charge is 1.00 e. The molecule has 1 nitrogen and oxygen atoms in total. The molecular formula is C22H24IOP. The minimum Gasteiger partial charge on any atom is -1.00 e. The van der Waals surface area contributed by atoms with Crippen molar-refractivity contribution >= 4 is 23.2 Å². The zero-order valence-electron chi connectivity index (χ0n) is 14.4. The van der Waals surface area contributed by atoms with Gasteiger partial charge in [-0.2, -0.15) is 0 Å². The lowest BCUT2D eigenvalue weighted by molar-refractivity contribution is -0.00000608. The minimum atomic E-state index is -2.11. The van der Waals surface area contributed by atoms with Gasteiger partial charge in [-0.3, -0.25) is 0 Å². The highest BCUT2D eigenvalue weighted by atomic mass is 127. The molecule has 0 fully saturated rings. The molecule has 1 N–H and O–H groups in total. The molecule has 3 aromatic rings. The second-order valence-corrected chi connectivity index (χ2v) is 9.59. The molecule has 25 heavy (non-hydrogen) atoms. The van der Waals surface area contributed by atoms with Gasteiger partial charge in [-0.15, -0.1) is 0 Å². The first-order valence-electron chi connectivity index (χ1n) is 8.53. The summed E-state index contributed by atoms with van der Waals surface area (Å²) in [5.74, 6) is -0.380. The van der Waals surface area contributed by atoms with Crippen molar-refractivity contribution in [3.05, 3.63) is 91.0 Å². The van der Waals surface area contributed by atoms with E-state index in [1.165, 1.54) is 15.9 Å². The Balaban J connectivity index is 0.00000225. The number of benzene rings is 3. The third-order valence-corrected chi connectivity index (χ3v) is 8.97. The Kier molecular flexibility index (Phi) is 7.61. The molecule has 0 heterocycles. The highest BCUT2D eigenvalue weighted by molar-refractivity contribution is 7.96. The molecule has 0 aromatic heterocycles. The van der Waals surface area contributed by atoms with Crippen molar-refractivity contribution in [1.29, 1.82) is 0 Å². The average Bonchev–Trinajstić information content (AvgIpc) is 2.65. The van der Waals surface area contributed by atoms with Gasteiger partial charge in [0.2, 0.25) is 0 Å². The second-order valence-electron chi connectivity index (χ2n) is 6.00. The molecule has 3 aromatic carbocycles. The fourth-order valence-electron chi connectivity index (χ4n) is 3.40. The topological polar surface area (TPSA) is 20.2 Å². The van der Waals surface area contributed by atoms with Crippen LogP contribution in [0.1, 0.15) is 19.8 Å². The maximum absolute atomic E-state index is 11.4. The van der Waals surface area contributed by atoms with Crippen molar-refractivity contribution < 1.29 is 29.1 Å². The maximum Gasteiger partial charge on any atom is 0.178 e. The number of hydrogen-bond acceptors (Lipinski definition) is 1. The molecule has 0 spiro atoms. The minimum absolute atomic E-state index is 0. The molecule has 3 rings (SSSR count). The summed E-state index contributed by atoms with van der Waals surface area (Å²) >= 11 is 0. The predicted octanol–water partition coefficient (Wildman–Crippen LogP) is 1.10. The third kappa shape index (κ3) is 3.97. The summed E-state index contributed by atoms with van der Waals surface area (Å²) < 4.78 is 0. The van der Waals surface area contributed by atoms with E-state index in [0.29, 0.717) is 0 Å². The Hall–Kier alpha value is -1.22. The van der Waals surface area contributed by atoms with Crippen LogP contribution in [0.25, 0.3) is 0 Å². The quantitative estimate of drug-likeness (QED) is 0.430. The van der Waals surface area contributed by atoms with E-state index in [4.69, 9.17) is 0 Å². The van der Waals surface area contributed by atoms with Crippen LogP contribution in [0.4, 0.5) is 0 Å². The summed E-state index contributed by atoms with van der Waals surface area (Å²) in [7, 11) is -2.11. The zero-order chi connectivity index (χ0) is 16.8. The SMILES string of the molecule is CCCC(O)[P+](c1ccccc1)(c1ccccc1)c1ccccc1.[I-]. The van der Waals surface area contributed by atoms with Gasteiger partial charge in [-0.1, -0.05) is 61.5 Å². The molecule has 0 aliphatic heterocycles. The van der Waals surface area contributed by atoms with Crippen LogP contribution in [-0.4, -0.2) is 11.0 Å². The maximum atomic E-state index is 11.4. The van der Waals surface area contributed by atoms with Gasteiger partial charge >= 0.3 is 0 Å². The van der Waals surface area contributed by atoms with E-state index in [0.717, 1.165) is 12.8 Å². The van der Waals surface area contributed by atoms with Gasteiger partial charge in [0.15, 0.2) is 5.85 Å². The Labute approximate surface area is 168 Å². The fourth-order valence-corrected chi connectivity index (χ4v) is 7.90. The lowest BCUT2D eigenvalue weighted by Gasteiger charge is -2.31. The van der Waals surface area contributed by atoms with Gasteiger partial charge in [0.1, 0.15) is 23.2 Å². The summed E-state index contributed by atoms with van der Waals surface area (Å²) in [6, 6.07) is 31.6. The molecule has 0 aliphatic carbocycles. The summed E-state index contributed by atoms with van der Waals surface area (Å²) in [6.45, 7) is 2.14. The van der Waals surface area contributed by atoms with Gasteiger partial charge in [0.05, 0.1) is 0 Å². The van der Waals surface area contributed by atoms with E-state index in [1.807, 2.05) is 18.2 Å². The first kappa shape index (κ1) is 20.1. The number of halogens is 1. The summed E-state index contributed by atoms with van der Waals surface area (Å²) in [6.07, 6.45) is 1.77. The monoisotopic (exact) mass is 462 g/mol. The highest BCUT2D eigenvalue weighted by Gasteiger charge is 2.51. The van der Waals surface area contributed by atoms with E-state index in [1.54, 1.807) is 0 Å². The summed E-state index contributed by atoms with van der Waals surface area (Å²) in [4.78, 5) is 0. The lowest BCUT2D eigenvalue weighted by Crippen LogP contribution is -3.00. The van der Waals surface area contributed by atoms with Crippen molar-refractivity contribution in [2.75, 3.05) is 0 Å². The van der Waals surface area contributed by atoms with Gasteiger partial charge in [-0.25, -0.2) is 0 Å². The van der Waals surface area contributed by atoms with E-state index < -0.39 is 7.26 Å². The Morgan fingerprint density at radius 3 is 1.28 bits per heavy atom. The van der Waals surface area contributed by atoms with Crippen molar-refractivity contribution in [2.24, 2.45) is 0 Å². The Morgan fingerprint density at radius 2 is 1.00 bits per heavy atom. The molecule has 0 aliphatic rings. The third-order valence-electron chi connectivity index (χ3n) is 4.48. The average molecular weight is 462 g/mol. The van der Waals surface area contributed by atoms with Crippen LogP contribution in [-0.2, 0) is 0 Å². The van der Waals surface area contributed by atoms with Crippen LogP contribution >= 0.6 is 7.26 Å². The smallest absolute Gasteiger partial charge is 0.178 e. The van der Waals surface area contributed by atoms with Crippen molar-refractivity contribution in [3.63, 3.8) is 0 Å². The summed E-state index contributed by atoms with van der Waals surface area (Å²) in [5, 5.41) is 15.1. The fraction of sp³-hybridized carbons (Fsp3) is 0.182. The van der Waals surface area contributed by atoms with Crippen LogP contribution in [0.5, 0.6) is 0 Å². The number of aliphatic hydroxyl groups is 1. The molecule has 1 atom stereocenters. The van der Waals surface area contributed by atoms with Crippen LogP contribution in [0.3, 0.4) is 0 Å². The van der Waals surface area contributed by atoms with Crippen LogP contribution in [0.2, 0.25) is 0 Å². The van der Waals surface area contributed by atoms with Crippen LogP contribution < -0.4 is 39.9 Å². The molecule has 130 valence electrons. The van der Waals surface area contributed by atoms with Crippen molar-refractivity contribution in [2.45, 2.75) is 25.6 Å². The van der Waals surface area contributed by atoms with Crippen molar-refractivity contribution in [3.8, 4) is 0 Å². The van der Waals surface area contributed by atoms with Gasteiger partial charge in [-0.05, 0) is 42.8 Å². The Morgan fingerprint density at radius 1 is 0.680 bits per heavy atom. The molecule has 0 radical (unpaired) electrons. The van der Waals surface area contributed by atoms with Crippen LogP contribution in [0, 0.1) is 0 Å². The van der Waals surface area contributed by atoms with E-state index >= 15 is 0 Å². The lowest BCUT2D eigenvalue weighted by atomic mass is 10.3. The first-order chi connectivity index (χ1) is 11.8. The van der Waals surface area contributed by atoms with E-state index in [9.17, 15) is 5.11 Å². The standard InChI is InChI=1S/C22H24OP.HI/c1-2-12-22(23)24(19-13-6-3-7-14-19,20-15-8-4-9-16-20)21-17-10-5-11-18-21;/h3-11,13-18,22-23H,2,12H2,1H3;1H/q+1;/p-1. The van der Waals surface area contributed by atoms with E-state index in [-0.39, 0.29) is 29.8 Å². The van der Waals surface area contributed by atoms with Gasteiger partial charge in [0.25, 0.3) is 0 Å². The van der Waals surface area contributed by atoms with E-state index in [2.05, 4.69) is 79.7 Å². The predicted molar refractivity (Wildman–Crippen MR) is 106 cm³/mol. The van der Waals surface area contributed by atoms with Crippen LogP contribution in [0.15, 0.2) is 91.0 Å². The Bertz CT molecular complexity index is 650. The van der Waals surface area contributed by atoms with Gasteiger partial charge in [0, 0.05) is 6.42 Å². The summed E-state index contributed by atoms with van der Waals surface area (Å²) in [5.41, 5.74) is 0. The molecular weight excluding hydrogens is 438 g/mol. The second kappa shape index (κ2) is 9.47. The number of aliphatic hydroxyl groups excluding tert-OH is 1. The number of hydrogen-bond donors (Lipinski definition) is 1. The molecule has 0 saturated carbocycles. The highest BCUT2D eigenvalue weighted by Crippen LogP contribution is 2.59.